The van der Waals surface area contributed by atoms with Crippen molar-refractivity contribution in [1.82, 2.24) is 20.4 Å². The average Bonchev–Trinajstić information content (AvgIpc) is 3.23. The van der Waals surface area contributed by atoms with Gasteiger partial charge in [0.05, 0.1) is 24.1 Å². The van der Waals surface area contributed by atoms with E-state index in [1.807, 2.05) is 18.2 Å². The number of nitrogens with zero attached hydrogens (tertiary/aromatic N) is 3. The molecule has 3 aromatic rings. The topological polar surface area (TPSA) is 90.1 Å². The molecular formula is C19H18N4O3. The van der Waals surface area contributed by atoms with E-state index in [9.17, 15) is 4.79 Å². The third kappa shape index (κ3) is 2.92. The van der Waals surface area contributed by atoms with Crippen LogP contribution in [0.25, 0.3) is 11.3 Å². The molecule has 26 heavy (non-hydrogen) atoms. The Hall–Kier alpha value is -3.22. The Balaban J connectivity index is 1.47. The van der Waals surface area contributed by atoms with Gasteiger partial charge < -0.3 is 14.6 Å². The van der Waals surface area contributed by atoms with E-state index < -0.39 is 0 Å². The van der Waals surface area contributed by atoms with Crippen molar-refractivity contribution < 1.29 is 14.1 Å². The Kier molecular flexibility index (Phi) is 4.12. The lowest BCUT2D eigenvalue weighted by molar-refractivity contribution is 0.0931. The third-order valence-electron chi connectivity index (χ3n) is 4.42. The van der Waals surface area contributed by atoms with Crippen LogP contribution in [0, 0.1) is 13.8 Å². The average molecular weight is 350 g/mol. The van der Waals surface area contributed by atoms with Crippen LogP contribution >= 0.6 is 0 Å². The number of hydrogen-bond acceptors (Lipinski definition) is 6. The van der Waals surface area contributed by atoms with Crippen molar-refractivity contribution in [1.29, 1.82) is 0 Å². The minimum atomic E-state index is -0.199. The summed E-state index contributed by atoms with van der Waals surface area (Å²) in [6, 6.07) is 5.98. The van der Waals surface area contributed by atoms with Crippen LogP contribution in [0.5, 0.6) is 5.75 Å². The Morgan fingerprint density at radius 2 is 2.19 bits per heavy atom. The lowest BCUT2D eigenvalue weighted by Gasteiger charge is -2.13. The van der Waals surface area contributed by atoms with Crippen LogP contribution in [0.1, 0.15) is 27.4 Å². The molecule has 1 N–H and O–H groups in total. The molecule has 0 bridgehead atoms. The van der Waals surface area contributed by atoms with Gasteiger partial charge in [-0.1, -0.05) is 17.3 Å². The highest BCUT2D eigenvalue weighted by Crippen LogP contribution is 2.37. The molecule has 0 aliphatic carbocycles. The molecule has 1 amide bonds. The fraction of sp³-hybridized carbons (Fsp3) is 0.263. The second-order valence-electron chi connectivity index (χ2n) is 6.24. The maximum Gasteiger partial charge on any atom is 0.256 e. The molecule has 1 aliphatic rings. The number of ether oxygens (including phenoxy) is 1. The zero-order valence-corrected chi connectivity index (χ0v) is 14.5. The van der Waals surface area contributed by atoms with Crippen molar-refractivity contribution >= 4 is 5.91 Å². The predicted octanol–water partition coefficient (Wildman–Crippen LogP) is 2.48. The summed E-state index contributed by atoms with van der Waals surface area (Å²) in [5.74, 6) is 1.13. The Bertz CT molecular complexity index is 933. The highest BCUT2D eigenvalue weighted by Gasteiger charge is 2.27. The highest BCUT2D eigenvalue weighted by molar-refractivity contribution is 5.96. The van der Waals surface area contributed by atoms with Crippen molar-refractivity contribution in [3.05, 3.63) is 59.4 Å². The van der Waals surface area contributed by atoms with E-state index in [2.05, 4.69) is 20.4 Å². The lowest BCUT2D eigenvalue weighted by Crippen LogP contribution is -2.34. The van der Waals surface area contributed by atoms with E-state index in [-0.39, 0.29) is 12.0 Å². The van der Waals surface area contributed by atoms with Gasteiger partial charge in [-0.25, -0.2) is 0 Å². The van der Waals surface area contributed by atoms with Gasteiger partial charge in [-0.05, 0) is 25.5 Å². The molecule has 0 spiro atoms. The summed E-state index contributed by atoms with van der Waals surface area (Å²) in [7, 11) is 0. The monoisotopic (exact) mass is 350 g/mol. The van der Waals surface area contributed by atoms with Crippen LogP contribution in [-0.2, 0) is 6.42 Å². The third-order valence-corrected chi connectivity index (χ3v) is 4.42. The number of carbonyl (C=O) groups excluding carboxylic acids is 1. The number of nitrogens with one attached hydrogen (secondary N) is 1. The summed E-state index contributed by atoms with van der Waals surface area (Å²) < 4.78 is 11.1. The van der Waals surface area contributed by atoms with Crippen LogP contribution in [0.3, 0.4) is 0 Å². The molecule has 132 valence electrons. The molecule has 1 unspecified atom stereocenters. The Morgan fingerprint density at radius 1 is 1.31 bits per heavy atom. The van der Waals surface area contributed by atoms with E-state index in [1.165, 1.54) is 0 Å². The van der Waals surface area contributed by atoms with Gasteiger partial charge in [-0.15, -0.1) is 0 Å². The molecule has 1 aromatic carbocycles. The zero-order valence-electron chi connectivity index (χ0n) is 14.5. The zero-order chi connectivity index (χ0) is 18.1. The van der Waals surface area contributed by atoms with E-state index in [0.29, 0.717) is 23.6 Å². The first-order valence-electron chi connectivity index (χ1n) is 8.39. The molecule has 7 nitrogen and oxygen atoms in total. The number of aryl methyl sites for hydroxylation is 2. The maximum absolute atomic E-state index is 12.4. The minimum Gasteiger partial charge on any atom is -0.487 e. The fourth-order valence-electron chi connectivity index (χ4n) is 3.19. The minimum absolute atomic E-state index is 0.132. The molecular weight excluding hydrogens is 332 g/mol. The smallest absolute Gasteiger partial charge is 0.256 e. The number of benzene rings is 1. The molecule has 3 heterocycles. The van der Waals surface area contributed by atoms with Crippen molar-refractivity contribution in [3.63, 3.8) is 0 Å². The summed E-state index contributed by atoms with van der Waals surface area (Å²) >= 11 is 0. The van der Waals surface area contributed by atoms with E-state index in [1.54, 1.807) is 32.4 Å². The molecule has 0 saturated carbocycles. The van der Waals surface area contributed by atoms with Crippen LogP contribution in [0.2, 0.25) is 0 Å². The largest absolute Gasteiger partial charge is 0.487 e. The van der Waals surface area contributed by atoms with E-state index in [0.717, 1.165) is 29.0 Å². The summed E-state index contributed by atoms with van der Waals surface area (Å²) in [5, 5.41) is 6.73. The second kappa shape index (κ2) is 6.59. The SMILES string of the molecule is Cc1noc(C)c1C(=O)NCC1Cc2cccc(-c3cnccn3)c2O1. The molecule has 1 aliphatic heterocycles. The highest BCUT2D eigenvalue weighted by atomic mass is 16.5. The first-order chi connectivity index (χ1) is 12.6. The van der Waals surface area contributed by atoms with Crippen molar-refractivity contribution in [2.75, 3.05) is 6.54 Å². The molecule has 4 rings (SSSR count). The number of para-hydroxylation sites is 1. The molecule has 0 saturated heterocycles. The van der Waals surface area contributed by atoms with Gasteiger partial charge >= 0.3 is 0 Å². The van der Waals surface area contributed by atoms with Gasteiger partial charge in [0.1, 0.15) is 23.2 Å². The van der Waals surface area contributed by atoms with Gasteiger partial charge in [0, 0.05) is 24.4 Å². The molecule has 0 fully saturated rings. The van der Waals surface area contributed by atoms with Gasteiger partial charge in [0.2, 0.25) is 0 Å². The van der Waals surface area contributed by atoms with Crippen LogP contribution in [0.4, 0.5) is 0 Å². The van der Waals surface area contributed by atoms with Gasteiger partial charge in [-0.2, -0.15) is 0 Å². The normalized spacial score (nSPS) is 15.4. The number of hydrogen-bond donors (Lipinski definition) is 1. The van der Waals surface area contributed by atoms with Crippen molar-refractivity contribution in [3.8, 4) is 17.0 Å². The number of rotatable bonds is 4. The standard InChI is InChI=1S/C19H18N4O3/c1-11-17(12(2)26-23-11)19(24)22-9-14-8-13-4-3-5-15(18(13)25-14)16-10-20-6-7-21-16/h3-7,10,14H,8-9H2,1-2H3,(H,22,24). The fourth-order valence-corrected chi connectivity index (χ4v) is 3.19. The van der Waals surface area contributed by atoms with Gasteiger partial charge in [-0.3, -0.25) is 14.8 Å². The molecule has 7 heteroatoms. The molecule has 0 radical (unpaired) electrons. The first kappa shape index (κ1) is 16.3. The van der Waals surface area contributed by atoms with E-state index in [4.69, 9.17) is 9.26 Å². The summed E-state index contributed by atoms with van der Waals surface area (Å²) in [6.45, 7) is 3.88. The predicted molar refractivity (Wildman–Crippen MR) is 93.9 cm³/mol. The molecule has 2 aromatic heterocycles. The Morgan fingerprint density at radius 3 is 2.92 bits per heavy atom. The number of amides is 1. The summed E-state index contributed by atoms with van der Waals surface area (Å²) in [4.78, 5) is 20.9. The van der Waals surface area contributed by atoms with Crippen LogP contribution < -0.4 is 10.1 Å². The number of carbonyl (C=O) groups is 1. The quantitative estimate of drug-likeness (QED) is 0.777. The van der Waals surface area contributed by atoms with Crippen molar-refractivity contribution in [2.24, 2.45) is 0 Å². The lowest BCUT2D eigenvalue weighted by atomic mass is 10.0. The van der Waals surface area contributed by atoms with Crippen LogP contribution in [0.15, 0.2) is 41.3 Å². The van der Waals surface area contributed by atoms with E-state index >= 15 is 0 Å². The summed E-state index contributed by atoms with van der Waals surface area (Å²) in [5.41, 5.74) is 3.85. The second-order valence-corrected chi connectivity index (χ2v) is 6.24. The molecule has 1 atom stereocenters. The van der Waals surface area contributed by atoms with Crippen LogP contribution in [-0.4, -0.2) is 33.7 Å². The number of fused-ring (bicyclic) bond motifs is 1. The summed E-state index contributed by atoms with van der Waals surface area (Å²) in [6.07, 6.45) is 5.61. The van der Waals surface area contributed by atoms with Gasteiger partial charge in [0.15, 0.2) is 0 Å². The van der Waals surface area contributed by atoms with Crippen molar-refractivity contribution in [2.45, 2.75) is 26.4 Å². The van der Waals surface area contributed by atoms with Gasteiger partial charge in [0.25, 0.3) is 5.91 Å². The Labute approximate surface area is 150 Å². The first-order valence-corrected chi connectivity index (χ1v) is 8.39. The maximum atomic E-state index is 12.4. The number of aromatic nitrogens is 3.